The first-order chi connectivity index (χ1) is 33.8. The first kappa shape index (κ1) is 60.9. The van der Waals surface area contributed by atoms with Crippen molar-refractivity contribution in [2.45, 2.75) is 79.6 Å². The van der Waals surface area contributed by atoms with E-state index in [1.165, 1.54) is 48.5 Å². The zero-order valence-electron chi connectivity index (χ0n) is 41.0. The molecule has 4 aromatic rings. The maximum Gasteiger partial charge on any atom is 0.327 e. The van der Waals surface area contributed by atoms with E-state index in [1.807, 2.05) is 0 Å². The molecule has 4 atom stereocenters. The van der Waals surface area contributed by atoms with Gasteiger partial charge in [-0.3, -0.25) is 58.0 Å². The second-order valence-electron chi connectivity index (χ2n) is 18.2. The number of nitrogens with zero attached hydrogens (tertiary/aromatic N) is 4. The van der Waals surface area contributed by atoms with Crippen molar-refractivity contribution in [1.82, 2.24) is 19.6 Å². The Labute approximate surface area is 450 Å². The van der Waals surface area contributed by atoms with Crippen molar-refractivity contribution in [3.8, 4) is 0 Å². The van der Waals surface area contributed by atoms with Gasteiger partial charge in [-0.05, 0) is 72.2 Å². The van der Waals surface area contributed by atoms with E-state index in [0.717, 1.165) is 19.6 Å². The van der Waals surface area contributed by atoms with Gasteiger partial charge in [0.2, 0.25) is 0 Å². The molecule has 4 aromatic carbocycles. The predicted molar refractivity (Wildman–Crippen MR) is 253 cm³/mol. The number of amides is 8. The number of imide groups is 4. The minimum atomic E-state index is -1.17. The van der Waals surface area contributed by atoms with E-state index in [-0.39, 0.29) is 107 Å². The van der Waals surface area contributed by atoms with Crippen LogP contribution in [0.2, 0.25) is 0 Å². The second-order valence-corrected chi connectivity index (χ2v) is 18.2. The van der Waals surface area contributed by atoms with Crippen LogP contribution in [-0.4, -0.2) is 135 Å². The summed E-state index contributed by atoms with van der Waals surface area (Å²) in [6.45, 7) is 13.4. The Morgan fingerprint density at radius 2 is 0.392 bits per heavy atom. The zero-order valence-corrected chi connectivity index (χ0v) is 44.3. The molecule has 0 bridgehead atoms. The van der Waals surface area contributed by atoms with Crippen molar-refractivity contribution in [3.05, 3.63) is 142 Å². The van der Waals surface area contributed by atoms with Crippen molar-refractivity contribution in [2.75, 3.05) is 0 Å². The summed E-state index contributed by atoms with van der Waals surface area (Å²) < 4.78 is 0. The molecule has 4 heterocycles. The number of carboxylic acids is 4. The van der Waals surface area contributed by atoms with Gasteiger partial charge >= 0.3 is 23.9 Å². The van der Waals surface area contributed by atoms with E-state index in [1.54, 1.807) is 104 Å². The molecule has 4 N–H and O–H groups in total. The van der Waals surface area contributed by atoms with Gasteiger partial charge in [-0.25, -0.2) is 19.2 Å². The SMILES string of the molecule is CC(C)C(C(=O)O)N1C(=O)c2ccccc2C1=O.CC(C)C(C(=O)O)N1C(=O)c2ccccc2C1=O.CC(C)[C@@H](C(=O)O)N1C(=O)c2ccccc2C1=O.CC(C)[C@@H](C(=O)O)N1C(=O)c2ccccc2C1=O.[Rh].[Rh]. The quantitative estimate of drug-likeness (QED) is 0.0997. The van der Waals surface area contributed by atoms with Gasteiger partial charge in [0.1, 0.15) is 24.2 Å². The summed E-state index contributed by atoms with van der Waals surface area (Å²) in [7, 11) is 0. The number of rotatable bonds is 12. The van der Waals surface area contributed by atoms with Crippen molar-refractivity contribution >= 4 is 71.1 Å². The van der Waals surface area contributed by atoms with E-state index < -0.39 is 95.3 Å². The van der Waals surface area contributed by atoms with Gasteiger partial charge in [-0.1, -0.05) is 104 Å². The topological polar surface area (TPSA) is 299 Å². The molecule has 0 spiro atoms. The van der Waals surface area contributed by atoms with Crippen LogP contribution in [0.4, 0.5) is 0 Å². The van der Waals surface area contributed by atoms with Crippen LogP contribution in [0.25, 0.3) is 0 Å². The third-order valence-corrected chi connectivity index (χ3v) is 12.0. The largest absolute Gasteiger partial charge is 0.480 e. The van der Waals surface area contributed by atoms with E-state index in [2.05, 4.69) is 0 Å². The van der Waals surface area contributed by atoms with Crippen LogP contribution in [0.1, 0.15) is 138 Å². The van der Waals surface area contributed by atoms with E-state index in [0.29, 0.717) is 0 Å². The van der Waals surface area contributed by atoms with Crippen LogP contribution < -0.4 is 0 Å². The Morgan fingerprint density at radius 1 is 0.284 bits per heavy atom. The molecule has 4 aliphatic heterocycles. The molecule has 2 radical (unpaired) electrons. The summed E-state index contributed by atoms with van der Waals surface area (Å²) in [6, 6.07) is 21.0. The summed E-state index contributed by atoms with van der Waals surface area (Å²) in [4.78, 5) is 145. The summed E-state index contributed by atoms with van der Waals surface area (Å²) >= 11 is 0. The number of carbonyl (C=O) groups is 12. The molecule has 2 unspecified atom stereocenters. The van der Waals surface area contributed by atoms with Gasteiger partial charge in [0.15, 0.2) is 0 Å². The standard InChI is InChI=1S/4C13H13NO4.2Rh/c4*1-7(2)10(13(17)18)14-11(15)8-5-3-4-6-9(8)12(14)16;;/h4*3-7,10H,1-2H3,(H,17,18);;/t2*10-;;;;/m00..../s1. The minimum absolute atomic E-state index is 0. The van der Waals surface area contributed by atoms with Gasteiger partial charge < -0.3 is 20.4 Å². The molecule has 8 rings (SSSR count). The van der Waals surface area contributed by atoms with Gasteiger partial charge in [0.05, 0.1) is 44.5 Å². The van der Waals surface area contributed by atoms with Gasteiger partial charge in [0, 0.05) is 39.0 Å². The van der Waals surface area contributed by atoms with Crippen molar-refractivity contribution in [1.29, 1.82) is 0 Å². The molecule has 0 saturated carbocycles. The average molecular weight is 1190 g/mol. The van der Waals surface area contributed by atoms with E-state index in [4.69, 9.17) is 0 Å². The van der Waals surface area contributed by atoms with Crippen molar-refractivity contribution in [3.63, 3.8) is 0 Å². The third-order valence-electron chi connectivity index (χ3n) is 12.0. The predicted octanol–water partition coefficient (Wildman–Crippen LogP) is 5.56. The van der Waals surface area contributed by atoms with Crippen LogP contribution in [0.3, 0.4) is 0 Å². The van der Waals surface area contributed by atoms with Crippen LogP contribution >= 0.6 is 0 Å². The Morgan fingerprint density at radius 3 is 0.473 bits per heavy atom. The summed E-state index contributed by atoms with van der Waals surface area (Å²) in [6.07, 6.45) is 0. The number of hydrogen-bond acceptors (Lipinski definition) is 12. The summed E-state index contributed by atoms with van der Waals surface area (Å²) in [5, 5.41) is 36.7. The van der Waals surface area contributed by atoms with Gasteiger partial charge in [-0.2, -0.15) is 0 Å². The third kappa shape index (κ3) is 11.8. The van der Waals surface area contributed by atoms with E-state index >= 15 is 0 Å². The number of aliphatic carboxylic acids is 4. The molecule has 20 nitrogen and oxygen atoms in total. The molecule has 22 heteroatoms. The number of carbonyl (C=O) groups excluding carboxylic acids is 8. The number of carboxylic acid groups (broad SMARTS) is 4. The summed E-state index contributed by atoms with van der Waals surface area (Å²) in [5.74, 6) is -10.3. The number of hydrogen-bond donors (Lipinski definition) is 4. The van der Waals surface area contributed by atoms with E-state index in [9.17, 15) is 78.0 Å². The molecule has 0 fully saturated rings. The average Bonchev–Trinajstić information content (AvgIpc) is 3.91. The fourth-order valence-corrected chi connectivity index (χ4v) is 8.62. The first-order valence-corrected chi connectivity index (χ1v) is 22.6. The van der Waals surface area contributed by atoms with Gasteiger partial charge in [0.25, 0.3) is 47.3 Å². The van der Waals surface area contributed by atoms with Gasteiger partial charge in [-0.15, -0.1) is 0 Å². The van der Waals surface area contributed by atoms with Crippen molar-refractivity contribution < 1.29 is 117 Å². The smallest absolute Gasteiger partial charge is 0.327 e. The monoisotopic (exact) mass is 1190 g/mol. The van der Waals surface area contributed by atoms with Crippen LogP contribution in [0.15, 0.2) is 97.1 Å². The molecule has 0 aromatic heterocycles. The first-order valence-electron chi connectivity index (χ1n) is 22.6. The number of fused-ring (bicyclic) bond motifs is 4. The molecule has 74 heavy (non-hydrogen) atoms. The molecule has 8 amide bonds. The molecule has 0 saturated heterocycles. The van der Waals surface area contributed by atoms with Crippen LogP contribution in [-0.2, 0) is 58.1 Å². The molecule has 0 aliphatic carbocycles. The molecule has 4 aliphatic rings. The Kier molecular flexibility index (Phi) is 20.6. The Bertz CT molecular complexity index is 2410. The fraction of sp³-hybridized carbons (Fsp3) is 0.308. The normalized spacial score (nSPS) is 15.6. The second kappa shape index (κ2) is 25.0. The minimum Gasteiger partial charge on any atom is -0.480 e. The zero-order chi connectivity index (χ0) is 53.8. The molecular formula is C52H52N4O16Rh2. The Balaban J connectivity index is 0.000000258. The fourth-order valence-electron chi connectivity index (χ4n) is 8.62. The Hall–Kier alpha value is -7.43. The maximum atomic E-state index is 12.1. The number of benzene rings is 4. The van der Waals surface area contributed by atoms with Crippen LogP contribution in [0.5, 0.6) is 0 Å². The molecule has 394 valence electrons. The molecular weight excluding hydrogens is 1140 g/mol. The maximum absolute atomic E-state index is 12.1. The van der Waals surface area contributed by atoms with Crippen molar-refractivity contribution in [2.24, 2.45) is 23.7 Å². The van der Waals surface area contributed by atoms with Crippen LogP contribution in [0, 0.1) is 23.7 Å². The summed E-state index contributed by atoms with van der Waals surface area (Å²) in [5.41, 5.74) is 2.18.